The molecule has 5 heteroatoms. The normalized spacial score (nSPS) is 11.4. The molecule has 144 valence electrons. The van der Waals surface area contributed by atoms with Gasteiger partial charge in [0.1, 0.15) is 0 Å². The van der Waals surface area contributed by atoms with E-state index in [9.17, 15) is 0 Å². The van der Waals surface area contributed by atoms with Gasteiger partial charge in [-0.1, -0.05) is 64.5 Å². The summed E-state index contributed by atoms with van der Waals surface area (Å²) in [6.45, 7) is 0. The Kier molecular flexibility index (Phi) is 7.20. The molecular weight excluding hydrogens is 777 g/mol. The first-order valence-electron chi connectivity index (χ1n) is 9.04. The highest BCUT2D eigenvalue weighted by atomic mass is 127. The fourth-order valence-corrected chi connectivity index (χ4v) is 9.81. The molecule has 0 N–H and O–H groups in total. The van der Waals surface area contributed by atoms with Crippen molar-refractivity contribution in [3.63, 3.8) is 0 Å². The minimum Gasteiger partial charge on any atom is -0.0609 e. The third-order valence-corrected chi connectivity index (χ3v) is 12.6. The van der Waals surface area contributed by atoms with Gasteiger partial charge in [0, 0.05) is 15.2 Å². The molecule has 4 aromatic rings. The average Bonchev–Trinajstić information content (AvgIpc) is 2.73. The summed E-state index contributed by atoms with van der Waals surface area (Å²) in [4.78, 5) is 0. The van der Waals surface area contributed by atoms with Gasteiger partial charge >= 0.3 is 0 Å². The van der Waals surface area contributed by atoms with E-state index in [1.54, 1.807) is 0 Å². The second kappa shape index (κ2) is 9.50. The average molecular weight is 793 g/mol. The van der Waals surface area contributed by atoms with Gasteiger partial charge in [-0.3, -0.25) is 0 Å². The lowest BCUT2D eigenvalue weighted by Crippen LogP contribution is -2.74. The van der Waals surface area contributed by atoms with E-state index in [2.05, 4.69) is 181 Å². The number of benzene rings is 4. The van der Waals surface area contributed by atoms with Crippen LogP contribution in [0.4, 0.5) is 0 Å². The molecule has 0 radical (unpaired) electrons. The topological polar surface area (TPSA) is 0 Å². The highest BCUT2D eigenvalue weighted by Gasteiger charge is 2.41. The molecule has 0 saturated carbocycles. The molecule has 0 fully saturated rings. The highest BCUT2D eigenvalue weighted by Crippen LogP contribution is 2.15. The Morgan fingerprint density at radius 3 is 0.931 bits per heavy atom. The van der Waals surface area contributed by atoms with E-state index < -0.39 is 8.07 Å². The molecule has 0 bridgehead atoms. The van der Waals surface area contributed by atoms with E-state index in [1.807, 2.05) is 0 Å². The van der Waals surface area contributed by atoms with Crippen LogP contribution >= 0.6 is 83.7 Å². The Morgan fingerprint density at radius 2 is 0.655 bits per heavy atom. The minimum atomic E-state index is -2.42. The van der Waals surface area contributed by atoms with Crippen molar-refractivity contribution in [2.45, 2.75) is 0 Å². The van der Waals surface area contributed by atoms with Crippen LogP contribution in [-0.2, 0) is 0 Å². The monoisotopic (exact) mass is 792 g/mol. The Labute approximate surface area is 222 Å². The first-order chi connectivity index (χ1) is 14.0. The second-order valence-corrected chi connectivity index (χ2v) is 15.2. The van der Waals surface area contributed by atoms with Gasteiger partial charge in [-0.05, 0) is 137 Å². The van der Waals surface area contributed by atoms with Gasteiger partial charge in [-0.25, -0.2) is 0 Å². The quantitative estimate of drug-likeness (QED) is 0.143. The maximum atomic E-state index is 3.62. The van der Waals surface area contributed by atoms with E-state index in [4.69, 9.17) is 0 Å². The van der Waals surface area contributed by atoms with Gasteiger partial charge in [0.25, 0.3) is 0 Å². The maximum Gasteiger partial charge on any atom is 0.179 e. The van der Waals surface area contributed by atoms with Gasteiger partial charge in [-0.2, -0.15) is 0 Å². The van der Waals surface area contributed by atoms with Crippen LogP contribution in [-0.4, -0.2) is 8.07 Å². The van der Waals surface area contributed by atoms with Crippen molar-refractivity contribution in [3.8, 4) is 0 Å². The first-order valence-corrected chi connectivity index (χ1v) is 15.1. The van der Waals surface area contributed by atoms with Crippen molar-refractivity contribution in [1.29, 1.82) is 0 Å². The summed E-state index contributed by atoms with van der Waals surface area (Å²) in [5.74, 6) is 0. The Hall–Kier alpha value is -0.233. The summed E-state index contributed by atoms with van der Waals surface area (Å²) in [6, 6.07) is 36.3. The zero-order valence-corrected chi connectivity index (χ0v) is 24.3. The highest BCUT2D eigenvalue weighted by molar-refractivity contribution is 14.1. The zero-order chi connectivity index (χ0) is 20.4. The predicted octanol–water partition coefficient (Wildman–Crippen LogP) is 5.64. The number of rotatable bonds is 4. The molecule has 0 spiro atoms. The molecule has 0 nitrogen and oxygen atoms in total. The molecule has 0 aliphatic heterocycles. The van der Waals surface area contributed by atoms with Crippen LogP contribution in [0.2, 0.25) is 0 Å². The molecule has 0 amide bonds. The maximum absolute atomic E-state index is 3.62. The second-order valence-electron chi connectivity index (χ2n) is 6.78. The standard InChI is InChI=1S/C24H16BrI3Si/c25-17-1-9-21(10-2-17)29(22-11-3-18(26)4-12-22,23-13-5-19(27)6-14-23)24-15-7-20(28)8-16-24/h1-16H. The molecule has 0 atom stereocenters. The SMILES string of the molecule is Brc1ccc([Si](c2ccc(I)cc2)(c2ccc(I)cc2)c2ccc(I)cc2)cc1. The van der Waals surface area contributed by atoms with Crippen molar-refractivity contribution in [2.24, 2.45) is 0 Å². The molecule has 29 heavy (non-hydrogen) atoms. The largest absolute Gasteiger partial charge is 0.179 e. The smallest absolute Gasteiger partial charge is 0.0609 e. The summed E-state index contributed by atoms with van der Waals surface area (Å²) in [5.41, 5.74) is 0. The van der Waals surface area contributed by atoms with Gasteiger partial charge in [0.2, 0.25) is 0 Å². The van der Waals surface area contributed by atoms with Crippen LogP contribution in [0.25, 0.3) is 0 Å². The van der Waals surface area contributed by atoms with Crippen LogP contribution < -0.4 is 20.7 Å². The number of halogens is 4. The molecule has 0 unspecified atom stereocenters. The third-order valence-electron chi connectivity index (χ3n) is 5.11. The van der Waals surface area contributed by atoms with E-state index in [0.717, 1.165) is 4.47 Å². The Bertz CT molecular complexity index is 919. The third kappa shape index (κ3) is 4.53. The molecule has 0 saturated heterocycles. The van der Waals surface area contributed by atoms with E-state index in [-0.39, 0.29) is 0 Å². The summed E-state index contributed by atoms with van der Waals surface area (Å²) in [7, 11) is -2.42. The summed E-state index contributed by atoms with van der Waals surface area (Å²) >= 11 is 10.8. The van der Waals surface area contributed by atoms with Crippen LogP contribution in [0.1, 0.15) is 0 Å². The van der Waals surface area contributed by atoms with Crippen LogP contribution in [0.5, 0.6) is 0 Å². The molecule has 4 aromatic carbocycles. The fourth-order valence-electron chi connectivity index (χ4n) is 3.80. The summed E-state index contributed by atoms with van der Waals surface area (Å²) in [6.07, 6.45) is 0. The minimum absolute atomic E-state index is 1.11. The first kappa shape index (κ1) is 22.0. The number of hydrogen-bond donors (Lipinski definition) is 0. The molecule has 0 aromatic heterocycles. The van der Waals surface area contributed by atoms with Crippen LogP contribution in [0.3, 0.4) is 0 Å². The van der Waals surface area contributed by atoms with Crippen molar-refractivity contribution in [2.75, 3.05) is 0 Å². The summed E-state index contributed by atoms with van der Waals surface area (Å²) in [5, 5.41) is 5.61. The van der Waals surface area contributed by atoms with Crippen molar-refractivity contribution < 1.29 is 0 Å². The summed E-state index contributed by atoms with van der Waals surface area (Å²) < 4.78 is 4.89. The zero-order valence-electron chi connectivity index (χ0n) is 15.2. The van der Waals surface area contributed by atoms with Gasteiger partial charge < -0.3 is 0 Å². The molecule has 4 rings (SSSR count). The molecule has 0 heterocycles. The van der Waals surface area contributed by atoms with Crippen LogP contribution in [0.15, 0.2) is 102 Å². The Balaban J connectivity index is 2.11. The van der Waals surface area contributed by atoms with Gasteiger partial charge in [0.05, 0.1) is 0 Å². The van der Waals surface area contributed by atoms with Gasteiger partial charge in [-0.15, -0.1) is 0 Å². The molecule has 0 aliphatic rings. The van der Waals surface area contributed by atoms with Crippen LogP contribution in [0, 0.1) is 10.7 Å². The van der Waals surface area contributed by atoms with Crippen molar-refractivity contribution >= 4 is 113 Å². The Morgan fingerprint density at radius 1 is 0.414 bits per heavy atom. The van der Waals surface area contributed by atoms with E-state index >= 15 is 0 Å². The lowest BCUT2D eigenvalue weighted by Gasteiger charge is -2.34. The molecular formula is C24H16BrI3Si. The van der Waals surface area contributed by atoms with Crippen molar-refractivity contribution in [1.82, 2.24) is 0 Å². The molecule has 0 aliphatic carbocycles. The lowest BCUT2D eigenvalue weighted by atomic mass is 10.3. The number of hydrogen-bond acceptors (Lipinski definition) is 0. The predicted molar refractivity (Wildman–Crippen MR) is 156 cm³/mol. The van der Waals surface area contributed by atoms with E-state index in [1.165, 1.54) is 31.5 Å². The fraction of sp³-hybridized carbons (Fsp3) is 0. The van der Waals surface area contributed by atoms with Crippen molar-refractivity contribution in [3.05, 3.63) is 112 Å². The van der Waals surface area contributed by atoms with E-state index in [0.29, 0.717) is 0 Å². The lowest BCUT2D eigenvalue weighted by molar-refractivity contribution is 1.61. The van der Waals surface area contributed by atoms with Gasteiger partial charge in [0.15, 0.2) is 8.07 Å².